The van der Waals surface area contributed by atoms with Crippen molar-refractivity contribution in [2.45, 2.75) is 0 Å². The first-order chi connectivity index (χ1) is 11.4. The van der Waals surface area contributed by atoms with Gasteiger partial charge in [-0.1, -0.05) is 0 Å². The molecule has 0 saturated heterocycles. The van der Waals surface area contributed by atoms with Crippen molar-refractivity contribution < 1.29 is 34.1 Å². The van der Waals surface area contributed by atoms with E-state index in [0.717, 1.165) is 0 Å². The van der Waals surface area contributed by atoms with E-state index < -0.39 is 26.7 Å². The first-order valence-corrected chi connectivity index (χ1v) is 11.9. The van der Waals surface area contributed by atoms with Gasteiger partial charge in [-0.15, -0.1) is 0 Å². The second-order valence-corrected chi connectivity index (χ2v) is 10.4. The number of hydrogen-bond donors (Lipinski definition) is 0. The average molecular weight is 551 g/mol. The summed E-state index contributed by atoms with van der Waals surface area (Å²) >= 11 is 24.3. The van der Waals surface area contributed by atoms with Crippen LogP contribution in [0, 0.1) is 0 Å². The molecule has 25 heavy (non-hydrogen) atoms. The van der Waals surface area contributed by atoms with Gasteiger partial charge in [0.1, 0.15) is 0 Å². The molecular formula is C12H16F4NiS8-4. The van der Waals surface area contributed by atoms with Crippen LogP contribution in [0.1, 0.15) is 0 Å². The number of thioether (sulfide) groups is 4. The third kappa shape index (κ3) is 22.1. The standard InChI is InChI=1S/2C6H10F2S4.Ni/c2*7-1-3-11-5(9)6(10)12-4-2-8;/h2*9-10H,1-4H2;/p-4/b2*6-5-;. The zero-order chi connectivity index (χ0) is 18.8. The maximum atomic E-state index is 11.7. The van der Waals surface area contributed by atoms with E-state index in [-0.39, 0.29) is 16.5 Å². The van der Waals surface area contributed by atoms with Gasteiger partial charge < -0.3 is 50.5 Å². The van der Waals surface area contributed by atoms with E-state index in [4.69, 9.17) is 50.5 Å². The maximum Gasteiger partial charge on any atom is 0.0987 e. The van der Waals surface area contributed by atoms with Crippen LogP contribution >= 0.6 is 47.0 Å². The molecule has 0 aromatic carbocycles. The molecule has 13 heteroatoms. The monoisotopic (exact) mass is 550 g/mol. The number of alkyl halides is 4. The Morgan fingerprint density at radius 2 is 0.640 bits per heavy atom. The first kappa shape index (κ1) is 31.7. The van der Waals surface area contributed by atoms with E-state index in [1.54, 1.807) is 0 Å². The molecule has 0 bridgehead atoms. The van der Waals surface area contributed by atoms with Gasteiger partial charge in [0, 0.05) is 39.5 Å². The number of rotatable bonds is 12. The SMILES string of the molecule is FCCS/C([S-])=C(/[S-])SCCF.FCCS/C([S-])=C(/[S-])SCCF.[Ni]. The van der Waals surface area contributed by atoms with Crippen molar-refractivity contribution >= 4 is 97.6 Å². The summed E-state index contributed by atoms with van der Waals surface area (Å²) in [6, 6.07) is 0. The van der Waals surface area contributed by atoms with E-state index in [1.807, 2.05) is 0 Å². The average Bonchev–Trinajstić information content (AvgIpc) is 2.60. The van der Waals surface area contributed by atoms with Gasteiger partial charge in [-0.2, -0.15) is 64.0 Å². The fourth-order valence-corrected chi connectivity index (χ4v) is 4.70. The van der Waals surface area contributed by atoms with Gasteiger partial charge in [-0.05, 0) is 0 Å². The summed E-state index contributed by atoms with van der Waals surface area (Å²) in [7, 11) is 0. The summed E-state index contributed by atoms with van der Waals surface area (Å²) in [4.78, 5) is 0. The summed E-state index contributed by atoms with van der Waals surface area (Å²) in [6.45, 7) is -1.66. The van der Waals surface area contributed by atoms with Crippen molar-refractivity contribution in [2.24, 2.45) is 0 Å². The van der Waals surface area contributed by atoms with Crippen LogP contribution in [0.4, 0.5) is 17.6 Å². The predicted molar refractivity (Wildman–Crippen MR) is 117 cm³/mol. The van der Waals surface area contributed by atoms with Crippen molar-refractivity contribution in [3.8, 4) is 0 Å². The Morgan fingerprint density at radius 1 is 0.480 bits per heavy atom. The maximum absolute atomic E-state index is 11.7. The fraction of sp³-hybridized carbons (Fsp3) is 0.667. The van der Waals surface area contributed by atoms with Gasteiger partial charge in [-0.25, -0.2) is 0 Å². The molecule has 0 aliphatic heterocycles. The Hall–Kier alpha value is 1.97. The Balaban J connectivity index is -0.000000372. The van der Waals surface area contributed by atoms with Crippen LogP contribution in [0.15, 0.2) is 16.9 Å². The van der Waals surface area contributed by atoms with Crippen molar-refractivity contribution in [1.29, 1.82) is 0 Å². The summed E-state index contributed by atoms with van der Waals surface area (Å²) in [6.07, 6.45) is 0. The molecule has 0 saturated carbocycles. The van der Waals surface area contributed by atoms with Gasteiger partial charge >= 0.3 is 0 Å². The molecule has 0 atom stereocenters. The molecule has 0 N–H and O–H groups in total. The Morgan fingerprint density at radius 3 is 0.760 bits per heavy atom. The van der Waals surface area contributed by atoms with Crippen LogP contribution in [0.2, 0.25) is 0 Å². The minimum Gasteiger partial charge on any atom is -0.774 e. The normalized spacial score (nSPS) is 12.3. The molecule has 0 nitrogen and oxygen atoms in total. The third-order valence-electron chi connectivity index (χ3n) is 1.57. The van der Waals surface area contributed by atoms with E-state index in [2.05, 4.69) is 0 Å². The predicted octanol–water partition coefficient (Wildman–Crippen LogP) is 5.22. The van der Waals surface area contributed by atoms with Crippen molar-refractivity contribution in [1.82, 2.24) is 0 Å². The van der Waals surface area contributed by atoms with Gasteiger partial charge in [0.05, 0.1) is 26.7 Å². The Labute approximate surface area is 196 Å². The molecule has 0 unspecified atom stereocenters. The van der Waals surface area contributed by atoms with Crippen molar-refractivity contribution in [2.75, 3.05) is 49.7 Å². The molecule has 0 aromatic rings. The smallest absolute Gasteiger partial charge is 0.0987 e. The topological polar surface area (TPSA) is 0 Å². The minimum absolute atomic E-state index is 0. The molecular weight excluding hydrogens is 535 g/mol. The molecule has 0 spiro atoms. The van der Waals surface area contributed by atoms with Crippen LogP contribution in [0.25, 0.3) is 0 Å². The third-order valence-corrected chi connectivity index (χ3v) is 8.14. The molecule has 0 fully saturated rings. The zero-order valence-corrected chi connectivity index (χ0v) is 20.3. The quantitative estimate of drug-likeness (QED) is 0.182. The van der Waals surface area contributed by atoms with Gasteiger partial charge in [0.15, 0.2) is 0 Å². The number of halogens is 4. The Bertz CT molecular complexity index is 305. The van der Waals surface area contributed by atoms with Gasteiger partial charge in [-0.3, -0.25) is 17.6 Å². The Kier molecular flexibility index (Phi) is 30.4. The second kappa shape index (κ2) is 24.0. The van der Waals surface area contributed by atoms with Crippen LogP contribution in [0.5, 0.6) is 0 Å². The molecule has 154 valence electrons. The molecule has 0 aromatic heterocycles. The summed E-state index contributed by atoms with van der Waals surface area (Å²) in [5, 5.41) is 0. The first-order valence-electron chi connectivity index (χ1n) is 6.36. The second-order valence-electron chi connectivity index (χ2n) is 3.30. The number of hydrogen-bond acceptors (Lipinski definition) is 8. The summed E-state index contributed by atoms with van der Waals surface area (Å²) < 4.78 is 48.7. The van der Waals surface area contributed by atoms with E-state index in [9.17, 15) is 17.6 Å². The molecule has 0 rings (SSSR count). The van der Waals surface area contributed by atoms with E-state index in [0.29, 0.717) is 40.0 Å². The molecule has 0 amide bonds. The van der Waals surface area contributed by atoms with Crippen LogP contribution in [-0.2, 0) is 67.0 Å². The van der Waals surface area contributed by atoms with Crippen molar-refractivity contribution in [3.05, 3.63) is 16.9 Å². The molecule has 0 aliphatic rings. The van der Waals surface area contributed by atoms with Crippen LogP contribution < -0.4 is 0 Å². The van der Waals surface area contributed by atoms with Crippen LogP contribution in [-0.4, -0.2) is 49.7 Å². The molecule has 0 radical (unpaired) electrons. The molecule has 0 aliphatic carbocycles. The van der Waals surface area contributed by atoms with Crippen LogP contribution in [0.3, 0.4) is 0 Å². The zero-order valence-electron chi connectivity index (χ0n) is 12.8. The largest absolute Gasteiger partial charge is 0.774 e. The summed E-state index contributed by atoms with van der Waals surface area (Å²) in [5.41, 5.74) is 0. The van der Waals surface area contributed by atoms with Gasteiger partial charge in [0.2, 0.25) is 0 Å². The van der Waals surface area contributed by atoms with Gasteiger partial charge in [0.25, 0.3) is 0 Å². The van der Waals surface area contributed by atoms with E-state index >= 15 is 0 Å². The summed E-state index contributed by atoms with van der Waals surface area (Å²) in [5.74, 6) is 1.31. The fourth-order valence-electron chi connectivity index (χ4n) is 0.761. The minimum atomic E-state index is -0.415. The van der Waals surface area contributed by atoms with Crippen molar-refractivity contribution in [3.63, 3.8) is 0 Å². The van der Waals surface area contributed by atoms with E-state index in [1.165, 1.54) is 47.0 Å². The molecule has 0 heterocycles.